The number of likely N-dealkylation sites (tertiary alicyclic amines) is 1. The van der Waals surface area contributed by atoms with Gasteiger partial charge >= 0.3 is 5.97 Å². The number of quaternary nitrogens is 1. The molecule has 0 amide bonds. The zero-order valence-electron chi connectivity index (χ0n) is 26.5. The average Bonchev–Trinajstić information content (AvgIpc) is 3.66. The average molecular weight is 633 g/mol. The maximum Gasteiger partial charge on any atom is 0.345 e. The molecule has 234 valence electrons. The van der Waals surface area contributed by atoms with E-state index in [1.807, 2.05) is 5.38 Å². The van der Waals surface area contributed by atoms with Crippen LogP contribution >= 0.6 is 22.7 Å². The van der Waals surface area contributed by atoms with E-state index in [4.69, 9.17) is 4.98 Å². The van der Waals surface area contributed by atoms with Gasteiger partial charge in [0.25, 0.3) is 0 Å². The van der Waals surface area contributed by atoms with Gasteiger partial charge in [0, 0.05) is 17.5 Å². The van der Waals surface area contributed by atoms with Crippen LogP contribution in [0.25, 0.3) is 21.3 Å². The molecular weight excluding hydrogens is 587 g/mol. The third kappa shape index (κ3) is 7.31. The number of aromatic nitrogens is 1. The normalized spacial score (nSPS) is 18.0. The number of carbonyl (C=O) groups is 2. The van der Waals surface area contributed by atoms with Crippen LogP contribution in [0.5, 0.6) is 0 Å². The second kappa shape index (κ2) is 13.6. The van der Waals surface area contributed by atoms with Crippen molar-refractivity contribution in [2.75, 3.05) is 19.6 Å². The summed E-state index contributed by atoms with van der Waals surface area (Å²) >= 11 is 2.80. The minimum atomic E-state index is -0.894. The van der Waals surface area contributed by atoms with E-state index >= 15 is 0 Å². The first kappa shape index (κ1) is 32.5. The molecule has 0 unspecified atom stereocenters. The van der Waals surface area contributed by atoms with E-state index < -0.39 is 5.97 Å². The quantitative estimate of drug-likeness (QED) is 0.179. The fourth-order valence-electron chi connectivity index (χ4n) is 6.78. The van der Waals surface area contributed by atoms with E-state index in [1.54, 1.807) is 17.4 Å². The molecule has 6 nitrogen and oxygen atoms in total. The van der Waals surface area contributed by atoms with Gasteiger partial charge in [0.05, 0.1) is 4.88 Å². The van der Waals surface area contributed by atoms with E-state index in [-0.39, 0.29) is 23.3 Å². The molecule has 1 aliphatic carbocycles. The Bertz CT molecular complexity index is 1610. The van der Waals surface area contributed by atoms with Crippen molar-refractivity contribution in [3.05, 3.63) is 74.4 Å². The lowest BCUT2D eigenvalue weighted by Crippen LogP contribution is -2.31. The van der Waals surface area contributed by atoms with Crippen molar-refractivity contribution in [2.24, 2.45) is 11.3 Å². The third-order valence-corrected chi connectivity index (χ3v) is 11.6. The Labute approximate surface area is 269 Å². The molecule has 0 radical (unpaired) electrons. The number of hydrogen-bond acceptors (Lipinski definition) is 6. The third-order valence-electron chi connectivity index (χ3n) is 9.57. The largest absolute Gasteiger partial charge is 0.477 e. The number of thiophene rings is 2. The number of aromatic carboxylic acids is 1. The molecule has 1 saturated heterocycles. The highest BCUT2D eigenvalue weighted by Gasteiger charge is 2.30. The number of carboxylic acid groups (broad SMARTS) is 1. The van der Waals surface area contributed by atoms with Crippen LogP contribution in [0.4, 0.5) is 0 Å². The summed E-state index contributed by atoms with van der Waals surface area (Å²) in [5.74, 6) is 0.0875. The fraction of sp³-hybridized carbons (Fsp3) is 0.472. The SMILES string of the molecule is CC(C)(C)[C@H]1CCc2nc3sc(C(=O)C[C@H](CCN4CCCCC4)c4ccc(-c5csc(C(=O)O)c5)cc4)cc3cc2C1.[NH4+]. The fourth-order valence-corrected chi connectivity index (χ4v) is 8.52. The predicted molar refractivity (Wildman–Crippen MR) is 184 cm³/mol. The molecule has 4 heterocycles. The second-order valence-electron chi connectivity index (χ2n) is 13.5. The van der Waals surface area contributed by atoms with E-state index in [1.165, 1.54) is 53.8 Å². The summed E-state index contributed by atoms with van der Waals surface area (Å²) in [6.45, 7) is 10.3. The molecule has 1 aliphatic heterocycles. The minimum absolute atomic E-state index is 0. The van der Waals surface area contributed by atoms with Crippen molar-refractivity contribution in [1.82, 2.24) is 16.0 Å². The first-order valence-electron chi connectivity index (χ1n) is 15.7. The number of carbonyl (C=O) groups excluding carboxylic acids is 1. The van der Waals surface area contributed by atoms with Gasteiger partial charge in [0.1, 0.15) is 9.71 Å². The van der Waals surface area contributed by atoms with Crippen LogP contribution in [-0.4, -0.2) is 46.4 Å². The highest BCUT2D eigenvalue weighted by molar-refractivity contribution is 7.20. The zero-order valence-corrected chi connectivity index (χ0v) is 28.2. The number of pyridine rings is 1. The molecule has 44 heavy (non-hydrogen) atoms. The lowest BCUT2D eigenvalue weighted by atomic mass is 9.71. The van der Waals surface area contributed by atoms with Crippen LogP contribution in [0.15, 0.2) is 47.8 Å². The van der Waals surface area contributed by atoms with E-state index in [2.05, 4.69) is 62.1 Å². The minimum Gasteiger partial charge on any atom is -0.477 e. The first-order chi connectivity index (χ1) is 20.6. The van der Waals surface area contributed by atoms with Crippen molar-refractivity contribution in [3.8, 4) is 11.1 Å². The number of benzene rings is 1. The summed E-state index contributed by atoms with van der Waals surface area (Å²) < 4.78 is 0. The summed E-state index contributed by atoms with van der Waals surface area (Å²) in [6.07, 6.45) is 8.51. The molecule has 4 aromatic rings. The second-order valence-corrected chi connectivity index (χ2v) is 15.5. The van der Waals surface area contributed by atoms with Gasteiger partial charge in [-0.3, -0.25) is 4.79 Å². The van der Waals surface area contributed by atoms with Crippen LogP contribution in [0, 0.1) is 11.3 Å². The van der Waals surface area contributed by atoms with Crippen molar-refractivity contribution in [3.63, 3.8) is 0 Å². The molecule has 3 aromatic heterocycles. The van der Waals surface area contributed by atoms with Crippen LogP contribution in [-0.2, 0) is 12.8 Å². The number of hydrogen-bond donors (Lipinski definition) is 2. The smallest absolute Gasteiger partial charge is 0.345 e. The number of piperidine rings is 1. The Kier molecular flexibility index (Phi) is 10.0. The van der Waals surface area contributed by atoms with E-state index in [0.717, 1.165) is 65.1 Å². The molecule has 5 N–H and O–H groups in total. The predicted octanol–water partition coefficient (Wildman–Crippen LogP) is 9.48. The number of carboxylic acids is 1. The number of fused-ring (bicyclic) bond motifs is 2. The molecule has 6 rings (SSSR count). The molecule has 1 aromatic carbocycles. The summed E-state index contributed by atoms with van der Waals surface area (Å²) in [6, 6.07) is 14.5. The Morgan fingerprint density at radius 3 is 2.45 bits per heavy atom. The molecule has 0 saturated carbocycles. The van der Waals surface area contributed by atoms with Gasteiger partial charge in [0.2, 0.25) is 0 Å². The van der Waals surface area contributed by atoms with Gasteiger partial charge in [-0.2, -0.15) is 0 Å². The Hall–Kier alpha value is -2.91. The summed E-state index contributed by atoms with van der Waals surface area (Å²) in [5, 5.41) is 12.3. The van der Waals surface area contributed by atoms with Crippen LogP contribution in [0.3, 0.4) is 0 Å². The number of ketones is 1. The molecule has 1 fully saturated rings. The van der Waals surface area contributed by atoms with E-state index in [0.29, 0.717) is 17.2 Å². The first-order valence-corrected chi connectivity index (χ1v) is 17.4. The molecule has 0 bridgehead atoms. The molecule has 2 aliphatic rings. The lowest BCUT2D eigenvalue weighted by Gasteiger charge is -2.34. The van der Waals surface area contributed by atoms with Gasteiger partial charge in [0.15, 0.2) is 5.78 Å². The number of Topliss-reactive ketones (excluding diaryl/α,β-unsaturated/α-hetero) is 1. The van der Waals surface area contributed by atoms with Gasteiger partial charge in [-0.25, -0.2) is 9.78 Å². The number of nitrogens with zero attached hydrogens (tertiary/aromatic N) is 2. The van der Waals surface area contributed by atoms with Gasteiger partial charge in [-0.15, -0.1) is 22.7 Å². The molecular formula is C36H46N3O3S2+. The number of aryl methyl sites for hydroxylation is 1. The molecule has 8 heteroatoms. The van der Waals surface area contributed by atoms with Crippen LogP contribution < -0.4 is 6.15 Å². The standard InChI is InChI=1S/C36H42N2O3S2.H3N/c1-36(2,3)29-11-12-30-26(18-29)17-27-20-32(43-34(27)37-30)31(39)19-25(13-16-38-14-5-4-6-15-38)23-7-9-24(10-8-23)28-21-33(35(40)41)42-22-28;/h7-10,17,20-22,25,29H,4-6,11-16,18-19H2,1-3H3,(H,40,41);1H3/p+1/t25-,29-;/m0./s1. The van der Waals surface area contributed by atoms with Crippen molar-refractivity contribution < 1.29 is 14.7 Å². The van der Waals surface area contributed by atoms with Gasteiger partial charge in [-0.1, -0.05) is 51.5 Å². The molecule has 0 spiro atoms. The highest BCUT2D eigenvalue weighted by Crippen LogP contribution is 2.39. The molecule has 2 atom stereocenters. The van der Waals surface area contributed by atoms with Gasteiger partial charge in [-0.05, 0) is 121 Å². The summed E-state index contributed by atoms with van der Waals surface area (Å²) in [4.78, 5) is 34.9. The lowest BCUT2D eigenvalue weighted by molar-refractivity contribution is 0.0702. The van der Waals surface area contributed by atoms with Crippen molar-refractivity contribution in [2.45, 2.75) is 78.1 Å². The van der Waals surface area contributed by atoms with Crippen LogP contribution in [0.1, 0.15) is 101 Å². The Morgan fingerprint density at radius 1 is 1.02 bits per heavy atom. The van der Waals surface area contributed by atoms with Crippen molar-refractivity contribution in [1.29, 1.82) is 0 Å². The Balaban J connectivity index is 0.00000384. The maximum absolute atomic E-state index is 13.8. The van der Waals surface area contributed by atoms with Gasteiger partial charge < -0.3 is 16.2 Å². The topological polar surface area (TPSA) is 107 Å². The van der Waals surface area contributed by atoms with Crippen LogP contribution in [0.2, 0.25) is 0 Å². The summed E-state index contributed by atoms with van der Waals surface area (Å²) in [7, 11) is 0. The van der Waals surface area contributed by atoms with E-state index in [9.17, 15) is 14.7 Å². The summed E-state index contributed by atoms with van der Waals surface area (Å²) in [5.41, 5.74) is 5.96. The maximum atomic E-state index is 13.8. The number of rotatable bonds is 9. The highest BCUT2D eigenvalue weighted by atomic mass is 32.1. The van der Waals surface area contributed by atoms with Crippen molar-refractivity contribution >= 4 is 44.6 Å². The Morgan fingerprint density at radius 2 is 1.77 bits per heavy atom. The monoisotopic (exact) mass is 632 g/mol. The zero-order chi connectivity index (χ0) is 30.1.